The molecule has 19 heavy (non-hydrogen) atoms. The molecule has 2 aliphatic heterocycles. The van der Waals surface area contributed by atoms with Crippen LogP contribution in [-0.2, 0) is 13.1 Å². The summed E-state index contributed by atoms with van der Waals surface area (Å²) in [5.74, 6) is 2.09. The van der Waals surface area contributed by atoms with Crippen LogP contribution in [0.4, 0.5) is 0 Å². The lowest BCUT2D eigenvalue weighted by molar-refractivity contribution is 0.156. The fourth-order valence-electron chi connectivity index (χ4n) is 3.21. The van der Waals surface area contributed by atoms with E-state index in [2.05, 4.69) is 45.5 Å². The molecule has 0 radical (unpaired) electrons. The minimum atomic E-state index is -0.244. The maximum absolute atomic E-state index is 9.96. The van der Waals surface area contributed by atoms with Gasteiger partial charge in [-0.3, -0.25) is 9.80 Å². The summed E-state index contributed by atoms with van der Waals surface area (Å²) in [4.78, 5) is 4.60. The fraction of sp³-hybridized carbons (Fsp3) is 0.846. The van der Waals surface area contributed by atoms with Gasteiger partial charge in [-0.25, -0.2) is 0 Å². The third kappa shape index (κ3) is 2.28. The number of likely N-dealkylation sites (tertiary alicyclic amines) is 1. The van der Waals surface area contributed by atoms with Crippen molar-refractivity contribution in [1.29, 1.82) is 0 Å². The van der Waals surface area contributed by atoms with Crippen LogP contribution < -0.4 is 0 Å². The first kappa shape index (κ1) is 13.0. The SMILES string of the molecule is CC(C)N1C[C@@H](O)C[C@H]1c1nnc2n1CCN(C)C2. The van der Waals surface area contributed by atoms with E-state index in [1.807, 2.05) is 0 Å². The predicted molar refractivity (Wildman–Crippen MR) is 71.6 cm³/mol. The van der Waals surface area contributed by atoms with Crippen LogP contribution in [0.5, 0.6) is 0 Å². The number of β-amino-alcohol motifs (C(OH)–C–C–N with tert-alkyl or cyclic N) is 1. The zero-order valence-corrected chi connectivity index (χ0v) is 12.0. The van der Waals surface area contributed by atoms with E-state index < -0.39 is 0 Å². The number of aliphatic hydroxyl groups excluding tert-OH is 1. The minimum Gasteiger partial charge on any atom is -0.392 e. The van der Waals surface area contributed by atoms with Crippen LogP contribution >= 0.6 is 0 Å². The molecule has 106 valence electrons. The number of rotatable bonds is 2. The molecule has 0 aliphatic carbocycles. The second-order valence-corrected chi connectivity index (χ2v) is 6.06. The van der Waals surface area contributed by atoms with Gasteiger partial charge in [-0.1, -0.05) is 0 Å². The van der Waals surface area contributed by atoms with Crippen LogP contribution in [0, 0.1) is 0 Å². The molecule has 1 fully saturated rings. The summed E-state index contributed by atoms with van der Waals surface area (Å²) in [5.41, 5.74) is 0. The van der Waals surface area contributed by atoms with Gasteiger partial charge in [-0.15, -0.1) is 10.2 Å². The van der Waals surface area contributed by atoms with Crippen LogP contribution in [-0.4, -0.2) is 62.0 Å². The molecule has 0 amide bonds. The third-order valence-corrected chi connectivity index (χ3v) is 4.25. The van der Waals surface area contributed by atoms with E-state index >= 15 is 0 Å². The number of aliphatic hydroxyl groups is 1. The molecule has 0 saturated carbocycles. The molecule has 3 rings (SSSR count). The second kappa shape index (κ2) is 4.85. The Kier molecular flexibility index (Phi) is 3.32. The lowest BCUT2D eigenvalue weighted by atomic mass is 10.1. The number of aromatic nitrogens is 3. The zero-order chi connectivity index (χ0) is 13.6. The van der Waals surface area contributed by atoms with Crippen molar-refractivity contribution in [3.05, 3.63) is 11.6 Å². The Hall–Kier alpha value is -0.980. The molecule has 0 bridgehead atoms. The quantitative estimate of drug-likeness (QED) is 0.830. The third-order valence-electron chi connectivity index (χ3n) is 4.25. The van der Waals surface area contributed by atoms with Gasteiger partial charge in [0.2, 0.25) is 0 Å². The van der Waals surface area contributed by atoms with Crippen molar-refractivity contribution in [3.63, 3.8) is 0 Å². The van der Waals surface area contributed by atoms with E-state index in [0.717, 1.165) is 44.2 Å². The molecule has 3 heterocycles. The summed E-state index contributed by atoms with van der Waals surface area (Å²) in [7, 11) is 2.11. The average Bonchev–Trinajstić information content (AvgIpc) is 2.91. The van der Waals surface area contributed by atoms with Gasteiger partial charge in [0.15, 0.2) is 5.82 Å². The smallest absolute Gasteiger partial charge is 0.150 e. The molecule has 2 aliphatic rings. The maximum atomic E-state index is 9.96. The van der Waals surface area contributed by atoms with Gasteiger partial charge in [0, 0.05) is 25.7 Å². The number of hydrogen-bond acceptors (Lipinski definition) is 5. The number of nitrogens with zero attached hydrogens (tertiary/aromatic N) is 5. The highest BCUT2D eigenvalue weighted by Crippen LogP contribution is 2.33. The first-order valence-corrected chi connectivity index (χ1v) is 7.10. The largest absolute Gasteiger partial charge is 0.392 e. The van der Waals surface area contributed by atoms with E-state index in [4.69, 9.17) is 0 Å². The molecule has 2 atom stereocenters. The minimum absolute atomic E-state index is 0.208. The van der Waals surface area contributed by atoms with E-state index in [-0.39, 0.29) is 12.1 Å². The van der Waals surface area contributed by atoms with Crippen molar-refractivity contribution in [3.8, 4) is 0 Å². The summed E-state index contributed by atoms with van der Waals surface area (Å²) in [5, 5.41) is 18.7. The van der Waals surface area contributed by atoms with Crippen molar-refractivity contribution < 1.29 is 5.11 Å². The lowest BCUT2D eigenvalue weighted by Crippen LogP contribution is -2.35. The Morgan fingerprint density at radius 1 is 1.26 bits per heavy atom. The van der Waals surface area contributed by atoms with Crippen molar-refractivity contribution in [1.82, 2.24) is 24.6 Å². The summed E-state index contributed by atoms with van der Waals surface area (Å²) in [6, 6.07) is 0.626. The molecule has 1 aromatic rings. The summed E-state index contributed by atoms with van der Waals surface area (Å²) >= 11 is 0. The van der Waals surface area contributed by atoms with Crippen molar-refractivity contribution in [2.75, 3.05) is 20.1 Å². The van der Waals surface area contributed by atoms with Gasteiger partial charge >= 0.3 is 0 Å². The molecule has 0 unspecified atom stereocenters. The molecule has 6 nitrogen and oxygen atoms in total. The molecular weight excluding hydrogens is 242 g/mol. The lowest BCUT2D eigenvalue weighted by Gasteiger charge is -2.29. The molecule has 1 N–H and O–H groups in total. The van der Waals surface area contributed by atoms with Crippen molar-refractivity contribution in [2.45, 2.75) is 51.5 Å². The zero-order valence-electron chi connectivity index (χ0n) is 12.0. The molecule has 6 heteroatoms. The van der Waals surface area contributed by atoms with E-state index in [0.29, 0.717) is 6.04 Å². The number of hydrogen-bond donors (Lipinski definition) is 1. The van der Waals surface area contributed by atoms with Crippen molar-refractivity contribution in [2.24, 2.45) is 0 Å². The predicted octanol–water partition coefficient (Wildman–Crippen LogP) is 0.240. The van der Waals surface area contributed by atoms with E-state index in [9.17, 15) is 5.11 Å². The first-order chi connectivity index (χ1) is 9.06. The molecule has 1 saturated heterocycles. The van der Waals surface area contributed by atoms with Gasteiger partial charge in [-0.2, -0.15) is 0 Å². The number of fused-ring (bicyclic) bond motifs is 1. The second-order valence-electron chi connectivity index (χ2n) is 6.06. The summed E-state index contributed by atoms with van der Waals surface area (Å²) in [6.45, 7) is 7.94. The Morgan fingerprint density at radius 3 is 2.79 bits per heavy atom. The first-order valence-electron chi connectivity index (χ1n) is 7.10. The molecule has 0 spiro atoms. The van der Waals surface area contributed by atoms with Crippen LogP contribution in [0.1, 0.15) is 38.0 Å². The van der Waals surface area contributed by atoms with Crippen LogP contribution in [0.2, 0.25) is 0 Å². The van der Waals surface area contributed by atoms with Crippen LogP contribution in [0.25, 0.3) is 0 Å². The standard InChI is InChI=1S/C13H23N5O/c1-9(2)18-7-10(19)6-11(18)13-15-14-12-8-16(3)4-5-17(12)13/h9-11,19H,4-8H2,1-3H3/t10-,11-/m0/s1. The van der Waals surface area contributed by atoms with Gasteiger partial charge < -0.3 is 9.67 Å². The van der Waals surface area contributed by atoms with Crippen LogP contribution in [0.15, 0.2) is 0 Å². The van der Waals surface area contributed by atoms with Gasteiger partial charge in [-0.05, 0) is 27.3 Å². The Bertz CT molecular complexity index is 458. The topological polar surface area (TPSA) is 57.4 Å². The summed E-state index contributed by atoms with van der Waals surface area (Å²) in [6.07, 6.45) is 0.526. The number of likely N-dealkylation sites (N-methyl/N-ethyl adjacent to an activating group) is 1. The van der Waals surface area contributed by atoms with Gasteiger partial charge in [0.05, 0.1) is 18.7 Å². The normalized spacial score (nSPS) is 29.1. The van der Waals surface area contributed by atoms with Crippen LogP contribution in [0.3, 0.4) is 0 Å². The highest BCUT2D eigenvalue weighted by Gasteiger charge is 2.37. The van der Waals surface area contributed by atoms with E-state index in [1.165, 1.54) is 0 Å². The van der Waals surface area contributed by atoms with E-state index in [1.54, 1.807) is 0 Å². The Balaban J connectivity index is 1.90. The summed E-state index contributed by atoms with van der Waals surface area (Å²) < 4.78 is 2.25. The average molecular weight is 265 g/mol. The monoisotopic (exact) mass is 265 g/mol. The fourth-order valence-corrected chi connectivity index (χ4v) is 3.21. The van der Waals surface area contributed by atoms with Gasteiger partial charge in [0.1, 0.15) is 5.82 Å². The Labute approximate surface area is 114 Å². The Morgan fingerprint density at radius 2 is 2.05 bits per heavy atom. The molecule has 1 aromatic heterocycles. The highest BCUT2D eigenvalue weighted by atomic mass is 16.3. The van der Waals surface area contributed by atoms with Crippen molar-refractivity contribution >= 4 is 0 Å². The highest BCUT2D eigenvalue weighted by molar-refractivity contribution is 5.07. The molecular formula is C13H23N5O. The molecule has 0 aromatic carbocycles. The maximum Gasteiger partial charge on any atom is 0.150 e. The van der Waals surface area contributed by atoms with Gasteiger partial charge in [0.25, 0.3) is 0 Å².